The molecule has 28 heavy (non-hydrogen) atoms. The summed E-state index contributed by atoms with van der Waals surface area (Å²) >= 11 is 0. The minimum atomic E-state index is -0.762. The van der Waals surface area contributed by atoms with Gasteiger partial charge in [0.1, 0.15) is 11.3 Å². The number of methoxy groups -OCH3 is 1. The van der Waals surface area contributed by atoms with Crippen molar-refractivity contribution in [3.63, 3.8) is 0 Å². The van der Waals surface area contributed by atoms with Crippen molar-refractivity contribution in [1.82, 2.24) is 14.2 Å². The third kappa shape index (κ3) is 3.42. The van der Waals surface area contributed by atoms with Crippen LogP contribution in [-0.4, -0.2) is 26.4 Å². The van der Waals surface area contributed by atoms with Crippen LogP contribution >= 0.6 is 0 Å². The van der Waals surface area contributed by atoms with Crippen LogP contribution in [0.1, 0.15) is 17.2 Å². The molecule has 0 saturated carbocycles. The lowest BCUT2D eigenvalue weighted by Gasteiger charge is -2.13. The summed E-state index contributed by atoms with van der Waals surface area (Å²) in [5, 5.41) is 15.0. The average molecular weight is 375 g/mol. The summed E-state index contributed by atoms with van der Waals surface area (Å²) in [6.45, 7) is 2.17. The number of hydrogen-bond acceptors (Lipinski definition) is 4. The van der Waals surface area contributed by atoms with Crippen LogP contribution < -0.4 is 10.3 Å². The zero-order chi connectivity index (χ0) is 19.7. The van der Waals surface area contributed by atoms with Crippen molar-refractivity contribution in [2.75, 3.05) is 7.11 Å². The van der Waals surface area contributed by atoms with E-state index in [4.69, 9.17) is 4.74 Å². The number of aryl methyl sites for hydroxylation is 1. The number of fused-ring (bicyclic) bond motifs is 1. The highest BCUT2D eigenvalue weighted by Crippen LogP contribution is 2.23. The van der Waals surface area contributed by atoms with E-state index in [1.165, 1.54) is 4.57 Å². The second-order valence-corrected chi connectivity index (χ2v) is 6.77. The van der Waals surface area contributed by atoms with Crippen molar-refractivity contribution in [1.29, 1.82) is 0 Å². The van der Waals surface area contributed by atoms with E-state index < -0.39 is 6.10 Å². The van der Waals surface area contributed by atoms with Crippen molar-refractivity contribution in [2.45, 2.75) is 19.6 Å². The zero-order valence-electron chi connectivity index (χ0n) is 15.7. The number of nitrogens with zero attached hydrogens (tertiary/aromatic N) is 3. The highest BCUT2D eigenvalue weighted by molar-refractivity contribution is 5.66. The molecule has 142 valence electrons. The Balaban J connectivity index is 1.67. The van der Waals surface area contributed by atoms with Gasteiger partial charge in [0.2, 0.25) is 0 Å². The summed E-state index contributed by atoms with van der Waals surface area (Å²) in [6, 6.07) is 16.9. The van der Waals surface area contributed by atoms with Gasteiger partial charge in [-0.1, -0.05) is 42.0 Å². The molecule has 0 radical (unpaired) electrons. The second kappa shape index (κ2) is 7.32. The van der Waals surface area contributed by atoms with Gasteiger partial charge in [0.15, 0.2) is 0 Å². The molecular formula is C22H21N3O3. The number of benzene rings is 2. The molecule has 6 nitrogen and oxygen atoms in total. The highest BCUT2D eigenvalue weighted by atomic mass is 16.5. The van der Waals surface area contributed by atoms with Gasteiger partial charge in [0, 0.05) is 18.0 Å². The fourth-order valence-electron chi connectivity index (χ4n) is 3.17. The molecular weight excluding hydrogens is 354 g/mol. The zero-order valence-corrected chi connectivity index (χ0v) is 15.7. The molecule has 0 unspecified atom stereocenters. The van der Waals surface area contributed by atoms with E-state index in [0.29, 0.717) is 11.2 Å². The Hall–Kier alpha value is -3.38. The normalized spacial score (nSPS) is 12.2. The van der Waals surface area contributed by atoms with Gasteiger partial charge in [0.25, 0.3) is 5.56 Å². The van der Waals surface area contributed by atoms with Gasteiger partial charge >= 0.3 is 0 Å². The van der Waals surface area contributed by atoms with Gasteiger partial charge < -0.3 is 14.4 Å². The molecule has 0 amide bonds. The van der Waals surface area contributed by atoms with Crippen molar-refractivity contribution in [3.05, 3.63) is 88.5 Å². The van der Waals surface area contributed by atoms with Crippen LogP contribution in [0.25, 0.3) is 16.8 Å². The SMILES string of the molecule is COc1cccc(-c2cc3c(=O)n(C[C@H](O)c4ccc(C)cc4)ccn3n2)c1. The molecule has 6 heteroatoms. The maximum atomic E-state index is 12.9. The molecule has 0 aliphatic rings. The Bertz CT molecular complexity index is 1180. The first-order valence-corrected chi connectivity index (χ1v) is 9.03. The standard InChI is InChI=1S/C22H21N3O3/c1-15-6-8-16(9-7-15)21(26)14-24-10-11-25-20(22(24)27)13-19(23-25)17-4-3-5-18(12-17)28-2/h3-13,21,26H,14H2,1-2H3/t21-/m0/s1. The van der Waals surface area contributed by atoms with Crippen LogP contribution in [0.4, 0.5) is 0 Å². The summed E-state index contributed by atoms with van der Waals surface area (Å²) in [5.41, 5.74) is 3.72. The Morgan fingerprint density at radius 3 is 2.64 bits per heavy atom. The topological polar surface area (TPSA) is 68.8 Å². The van der Waals surface area contributed by atoms with Crippen LogP contribution in [0.2, 0.25) is 0 Å². The minimum absolute atomic E-state index is 0.179. The lowest BCUT2D eigenvalue weighted by molar-refractivity contribution is 0.155. The van der Waals surface area contributed by atoms with Crippen LogP contribution in [-0.2, 0) is 6.54 Å². The first kappa shape index (κ1) is 18.0. The predicted molar refractivity (Wildman–Crippen MR) is 108 cm³/mol. The molecule has 4 aromatic rings. The maximum Gasteiger partial charge on any atom is 0.276 e. The smallest absolute Gasteiger partial charge is 0.276 e. The summed E-state index contributed by atoms with van der Waals surface area (Å²) in [7, 11) is 1.61. The number of ether oxygens (including phenoxy) is 1. The average Bonchev–Trinajstić information content (AvgIpc) is 3.16. The summed E-state index contributed by atoms with van der Waals surface area (Å²) in [4.78, 5) is 12.9. The van der Waals surface area contributed by atoms with Crippen LogP contribution in [0.5, 0.6) is 5.75 Å². The van der Waals surface area contributed by atoms with Gasteiger partial charge in [-0.15, -0.1) is 0 Å². The third-order valence-corrected chi connectivity index (χ3v) is 4.80. The Morgan fingerprint density at radius 2 is 1.89 bits per heavy atom. The molecule has 0 bridgehead atoms. The van der Waals surface area contributed by atoms with Gasteiger partial charge in [-0.2, -0.15) is 5.10 Å². The number of rotatable bonds is 5. The number of aliphatic hydroxyl groups excluding tert-OH is 1. The largest absolute Gasteiger partial charge is 0.497 e. The molecule has 0 aliphatic carbocycles. The molecule has 0 fully saturated rings. The van der Waals surface area contributed by atoms with Crippen LogP contribution in [0, 0.1) is 6.92 Å². The summed E-state index contributed by atoms with van der Waals surface area (Å²) in [6.07, 6.45) is 2.61. The van der Waals surface area contributed by atoms with E-state index in [0.717, 1.165) is 22.4 Å². The number of aliphatic hydroxyl groups is 1. The number of hydrogen-bond donors (Lipinski definition) is 1. The van der Waals surface area contributed by atoms with E-state index in [1.54, 1.807) is 30.1 Å². The number of aromatic nitrogens is 3. The first-order valence-electron chi connectivity index (χ1n) is 9.03. The molecule has 0 saturated heterocycles. The van der Waals surface area contributed by atoms with E-state index >= 15 is 0 Å². The van der Waals surface area contributed by atoms with Crippen molar-refractivity contribution in [2.24, 2.45) is 0 Å². The fourth-order valence-corrected chi connectivity index (χ4v) is 3.17. The maximum absolute atomic E-state index is 12.9. The Kier molecular flexibility index (Phi) is 4.71. The van der Waals surface area contributed by atoms with Gasteiger partial charge in [-0.3, -0.25) is 4.79 Å². The quantitative estimate of drug-likeness (QED) is 0.582. The molecule has 0 spiro atoms. The molecule has 2 aromatic heterocycles. The molecule has 2 heterocycles. The summed E-state index contributed by atoms with van der Waals surface area (Å²) in [5.74, 6) is 0.730. The van der Waals surface area contributed by atoms with Crippen molar-refractivity contribution in [3.8, 4) is 17.0 Å². The van der Waals surface area contributed by atoms with E-state index in [-0.39, 0.29) is 12.1 Å². The van der Waals surface area contributed by atoms with Gasteiger partial charge in [-0.25, -0.2) is 4.52 Å². The van der Waals surface area contributed by atoms with Gasteiger partial charge in [0.05, 0.1) is 25.5 Å². The first-order chi connectivity index (χ1) is 13.5. The van der Waals surface area contributed by atoms with Crippen LogP contribution in [0.15, 0.2) is 71.8 Å². The predicted octanol–water partition coefficient (Wildman–Crippen LogP) is 3.21. The highest BCUT2D eigenvalue weighted by Gasteiger charge is 2.13. The molecule has 1 atom stereocenters. The minimum Gasteiger partial charge on any atom is -0.497 e. The van der Waals surface area contributed by atoms with Gasteiger partial charge in [-0.05, 0) is 30.7 Å². The Morgan fingerprint density at radius 1 is 1.11 bits per heavy atom. The lowest BCUT2D eigenvalue weighted by Crippen LogP contribution is -2.24. The Labute approximate surface area is 162 Å². The van der Waals surface area contributed by atoms with Crippen molar-refractivity contribution >= 4 is 5.52 Å². The monoisotopic (exact) mass is 375 g/mol. The van der Waals surface area contributed by atoms with E-state index in [2.05, 4.69) is 5.10 Å². The van der Waals surface area contributed by atoms with E-state index in [1.807, 2.05) is 55.5 Å². The second-order valence-electron chi connectivity index (χ2n) is 6.77. The molecule has 0 aliphatic heterocycles. The van der Waals surface area contributed by atoms with Crippen molar-refractivity contribution < 1.29 is 9.84 Å². The molecule has 1 N–H and O–H groups in total. The van der Waals surface area contributed by atoms with Crippen LogP contribution in [0.3, 0.4) is 0 Å². The third-order valence-electron chi connectivity index (χ3n) is 4.80. The molecule has 2 aromatic carbocycles. The lowest BCUT2D eigenvalue weighted by atomic mass is 10.1. The van der Waals surface area contributed by atoms with E-state index in [9.17, 15) is 9.90 Å². The molecule has 4 rings (SSSR count). The fraction of sp³-hybridized carbons (Fsp3) is 0.182. The summed E-state index contributed by atoms with van der Waals surface area (Å²) < 4.78 is 8.33.